The highest BCUT2D eigenvalue weighted by Crippen LogP contribution is 2.44. The lowest BCUT2D eigenvalue weighted by atomic mass is 9.85. The van der Waals surface area contributed by atoms with Crippen LogP contribution in [-0.4, -0.2) is 28.4 Å². The maximum Gasteiger partial charge on any atom is 0.130 e. The van der Waals surface area contributed by atoms with Crippen molar-refractivity contribution in [2.24, 2.45) is 0 Å². The van der Waals surface area contributed by atoms with Crippen LogP contribution in [0.1, 0.15) is 22.3 Å². The predicted molar refractivity (Wildman–Crippen MR) is 137 cm³/mol. The van der Waals surface area contributed by atoms with Crippen molar-refractivity contribution in [1.82, 2.24) is 0 Å². The van der Waals surface area contributed by atoms with Crippen molar-refractivity contribution < 1.29 is 18.9 Å². The van der Waals surface area contributed by atoms with Crippen LogP contribution in [0.2, 0.25) is 0 Å². The molecule has 0 atom stereocenters. The molecule has 0 aromatic heterocycles. The van der Waals surface area contributed by atoms with Gasteiger partial charge in [-0.1, -0.05) is 60.7 Å². The van der Waals surface area contributed by atoms with Crippen molar-refractivity contribution in [3.8, 4) is 23.0 Å². The van der Waals surface area contributed by atoms with Gasteiger partial charge in [0.2, 0.25) is 0 Å². The molecule has 4 aromatic rings. The number of rotatable bonds is 8. The summed E-state index contributed by atoms with van der Waals surface area (Å²) in [5, 5.41) is 0. The van der Waals surface area contributed by atoms with E-state index in [2.05, 4.69) is 24.3 Å². The quantitative estimate of drug-likeness (QED) is 0.278. The molecule has 0 bridgehead atoms. The Bertz CT molecular complexity index is 1180. The summed E-state index contributed by atoms with van der Waals surface area (Å²) in [6, 6.07) is 32.4. The lowest BCUT2D eigenvalue weighted by Crippen LogP contribution is -2.02. The third-order valence-corrected chi connectivity index (χ3v) is 5.73. The molecule has 0 aliphatic rings. The molecule has 0 aliphatic carbocycles. The number of benzene rings is 4. The fraction of sp³-hybridized carbons (Fsp3) is 0.133. The molecular weight excluding hydrogens is 424 g/mol. The fourth-order valence-corrected chi connectivity index (χ4v) is 4.09. The minimum Gasteiger partial charge on any atom is -0.497 e. The number of hydrogen-bond acceptors (Lipinski definition) is 4. The lowest BCUT2D eigenvalue weighted by molar-refractivity contribution is 0.393. The highest BCUT2D eigenvalue weighted by atomic mass is 16.5. The zero-order chi connectivity index (χ0) is 23.9. The Kier molecular flexibility index (Phi) is 7.19. The average molecular weight is 453 g/mol. The van der Waals surface area contributed by atoms with Gasteiger partial charge in [0.25, 0.3) is 0 Å². The van der Waals surface area contributed by atoms with Crippen LogP contribution in [-0.2, 0) is 0 Å². The highest BCUT2D eigenvalue weighted by molar-refractivity contribution is 6.06. The van der Waals surface area contributed by atoms with Crippen molar-refractivity contribution in [3.63, 3.8) is 0 Å². The number of ether oxygens (including phenoxy) is 4. The molecule has 34 heavy (non-hydrogen) atoms. The molecule has 172 valence electrons. The summed E-state index contributed by atoms with van der Waals surface area (Å²) >= 11 is 0. The van der Waals surface area contributed by atoms with E-state index in [9.17, 15) is 0 Å². The zero-order valence-electron chi connectivity index (χ0n) is 19.9. The Labute approximate surface area is 201 Å². The van der Waals surface area contributed by atoms with Crippen LogP contribution >= 0.6 is 0 Å². The molecule has 0 saturated heterocycles. The van der Waals surface area contributed by atoms with Crippen molar-refractivity contribution in [3.05, 3.63) is 119 Å². The van der Waals surface area contributed by atoms with Crippen LogP contribution in [0.5, 0.6) is 23.0 Å². The zero-order valence-corrected chi connectivity index (χ0v) is 19.9. The van der Waals surface area contributed by atoms with Crippen molar-refractivity contribution in [1.29, 1.82) is 0 Å². The van der Waals surface area contributed by atoms with Gasteiger partial charge >= 0.3 is 0 Å². The van der Waals surface area contributed by atoms with Crippen LogP contribution in [0.3, 0.4) is 0 Å². The molecule has 4 rings (SSSR count). The molecule has 0 aliphatic heterocycles. The highest BCUT2D eigenvalue weighted by Gasteiger charge is 2.22. The molecule has 0 fully saturated rings. The van der Waals surface area contributed by atoms with Crippen molar-refractivity contribution in [2.75, 3.05) is 28.4 Å². The monoisotopic (exact) mass is 452 g/mol. The third kappa shape index (κ3) is 4.62. The minimum atomic E-state index is 0.721. The van der Waals surface area contributed by atoms with Gasteiger partial charge < -0.3 is 18.9 Å². The first-order valence-corrected chi connectivity index (χ1v) is 11.0. The molecule has 0 spiro atoms. The topological polar surface area (TPSA) is 36.9 Å². The molecular formula is C30H28O4. The van der Waals surface area contributed by atoms with Gasteiger partial charge in [-0.2, -0.15) is 0 Å². The lowest BCUT2D eigenvalue weighted by Gasteiger charge is -2.21. The number of hydrogen-bond donors (Lipinski definition) is 0. The van der Waals surface area contributed by atoms with Gasteiger partial charge in [0.05, 0.1) is 28.4 Å². The second-order valence-corrected chi connectivity index (χ2v) is 7.61. The Hall–Kier alpha value is -4.18. The van der Waals surface area contributed by atoms with Crippen LogP contribution in [0.4, 0.5) is 0 Å². The molecule has 0 N–H and O–H groups in total. The van der Waals surface area contributed by atoms with Crippen LogP contribution in [0, 0.1) is 0 Å². The van der Waals surface area contributed by atoms with Gasteiger partial charge in [-0.3, -0.25) is 0 Å². The van der Waals surface area contributed by atoms with Crippen molar-refractivity contribution in [2.45, 2.75) is 0 Å². The van der Waals surface area contributed by atoms with Gasteiger partial charge in [-0.15, -0.1) is 0 Å². The Balaban J connectivity index is 2.15. The second kappa shape index (κ2) is 10.6. The molecule has 4 heteroatoms. The summed E-state index contributed by atoms with van der Waals surface area (Å²) in [7, 11) is 6.66. The van der Waals surface area contributed by atoms with Crippen LogP contribution in [0.15, 0.2) is 97.1 Å². The number of methoxy groups -OCH3 is 4. The summed E-state index contributed by atoms with van der Waals surface area (Å²) < 4.78 is 22.6. The fourth-order valence-electron chi connectivity index (χ4n) is 4.09. The Morgan fingerprint density at radius 3 is 1.15 bits per heavy atom. The normalized spacial score (nSPS) is 11.4. The van der Waals surface area contributed by atoms with E-state index in [4.69, 9.17) is 18.9 Å². The van der Waals surface area contributed by atoms with E-state index in [1.54, 1.807) is 28.4 Å². The smallest absolute Gasteiger partial charge is 0.130 e. The first-order valence-electron chi connectivity index (χ1n) is 11.0. The van der Waals surface area contributed by atoms with Crippen molar-refractivity contribution >= 4 is 11.1 Å². The van der Waals surface area contributed by atoms with E-state index in [0.717, 1.165) is 56.4 Å². The van der Waals surface area contributed by atoms with E-state index in [1.807, 2.05) is 72.8 Å². The summed E-state index contributed by atoms with van der Waals surface area (Å²) in [6.07, 6.45) is 0. The van der Waals surface area contributed by atoms with Crippen LogP contribution < -0.4 is 18.9 Å². The molecule has 0 amide bonds. The standard InChI is InChI=1S/C30H28O4/c1-31-23-15-17-25(27(19-23)33-3)29(21-11-7-5-8-12-21)30(22-13-9-6-10-14-22)26-18-16-24(32-2)20-28(26)34-4/h5-20H,1-4H3/b30-29+. The second-order valence-electron chi connectivity index (χ2n) is 7.61. The van der Waals surface area contributed by atoms with Gasteiger partial charge in [-0.05, 0) is 35.4 Å². The summed E-state index contributed by atoms with van der Waals surface area (Å²) in [6.45, 7) is 0. The summed E-state index contributed by atoms with van der Waals surface area (Å²) in [4.78, 5) is 0. The maximum atomic E-state index is 5.84. The van der Waals surface area contributed by atoms with E-state index in [1.165, 1.54) is 0 Å². The summed E-state index contributed by atoms with van der Waals surface area (Å²) in [5.74, 6) is 2.91. The van der Waals surface area contributed by atoms with Gasteiger partial charge in [0.1, 0.15) is 23.0 Å². The molecule has 4 nitrogen and oxygen atoms in total. The third-order valence-electron chi connectivity index (χ3n) is 5.73. The van der Waals surface area contributed by atoms with E-state index < -0.39 is 0 Å². The maximum absolute atomic E-state index is 5.84. The molecule has 0 unspecified atom stereocenters. The molecule has 0 radical (unpaired) electrons. The average Bonchev–Trinajstić information content (AvgIpc) is 2.92. The molecule has 0 heterocycles. The van der Waals surface area contributed by atoms with Crippen LogP contribution in [0.25, 0.3) is 11.1 Å². The Morgan fingerprint density at radius 1 is 0.441 bits per heavy atom. The summed E-state index contributed by atoms with van der Waals surface area (Å²) in [5.41, 5.74) is 6.06. The minimum absolute atomic E-state index is 0.721. The van der Waals surface area contributed by atoms with Gasteiger partial charge in [-0.25, -0.2) is 0 Å². The predicted octanol–water partition coefficient (Wildman–Crippen LogP) is 6.73. The SMILES string of the molecule is COc1ccc(/C(=C(\c2ccccc2)c2ccc(OC)cc2OC)c2ccccc2)c(OC)c1. The Morgan fingerprint density at radius 2 is 0.824 bits per heavy atom. The first kappa shape index (κ1) is 23.0. The van der Waals surface area contributed by atoms with E-state index >= 15 is 0 Å². The molecule has 4 aromatic carbocycles. The van der Waals surface area contributed by atoms with E-state index in [0.29, 0.717) is 0 Å². The van der Waals surface area contributed by atoms with Gasteiger partial charge in [0, 0.05) is 34.4 Å². The van der Waals surface area contributed by atoms with E-state index in [-0.39, 0.29) is 0 Å². The molecule has 0 saturated carbocycles. The van der Waals surface area contributed by atoms with Gasteiger partial charge in [0.15, 0.2) is 0 Å². The largest absolute Gasteiger partial charge is 0.497 e. The first-order chi connectivity index (χ1) is 16.7.